The van der Waals surface area contributed by atoms with Gasteiger partial charge in [-0.05, 0) is 39.5 Å². The SMILES string of the molecule is CC[C@H]1O[C@H](C[C@@H]2COC(C)(C)O2)CCC1(O)CC. The van der Waals surface area contributed by atoms with Crippen LogP contribution in [0.5, 0.6) is 0 Å². The Morgan fingerprint density at radius 1 is 1.21 bits per heavy atom. The molecule has 4 heteroatoms. The predicted octanol–water partition coefficient (Wildman–Crippen LogP) is 2.63. The summed E-state index contributed by atoms with van der Waals surface area (Å²) < 4.78 is 17.5. The van der Waals surface area contributed by atoms with E-state index in [-0.39, 0.29) is 18.3 Å². The monoisotopic (exact) mass is 272 g/mol. The molecule has 0 aromatic carbocycles. The molecule has 0 aromatic rings. The average molecular weight is 272 g/mol. The van der Waals surface area contributed by atoms with Gasteiger partial charge in [-0.3, -0.25) is 0 Å². The predicted molar refractivity (Wildman–Crippen MR) is 72.9 cm³/mol. The number of rotatable bonds is 4. The third kappa shape index (κ3) is 3.48. The maximum atomic E-state index is 10.5. The van der Waals surface area contributed by atoms with Gasteiger partial charge in [0.05, 0.1) is 30.5 Å². The third-order valence-corrected chi connectivity index (χ3v) is 4.43. The molecular formula is C15H28O4. The molecule has 2 heterocycles. The van der Waals surface area contributed by atoms with Crippen molar-refractivity contribution in [3.63, 3.8) is 0 Å². The lowest BCUT2D eigenvalue weighted by atomic mass is 9.82. The van der Waals surface area contributed by atoms with Crippen molar-refractivity contribution in [1.82, 2.24) is 0 Å². The standard InChI is InChI=1S/C15H28O4/c1-5-13-15(16,6-2)8-7-11(18-13)9-12-10-17-14(3,4)19-12/h11-13,16H,5-10H2,1-4H3/t11-,12+,13+,15?/m0/s1. The summed E-state index contributed by atoms with van der Waals surface area (Å²) in [6, 6.07) is 0. The summed E-state index contributed by atoms with van der Waals surface area (Å²) in [5.41, 5.74) is -0.641. The number of hydrogen-bond donors (Lipinski definition) is 1. The molecule has 4 nitrogen and oxygen atoms in total. The highest BCUT2D eigenvalue weighted by Crippen LogP contribution is 2.36. The first-order chi connectivity index (χ1) is 8.88. The van der Waals surface area contributed by atoms with Crippen LogP contribution >= 0.6 is 0 Å². The summed E-state index contributed by atoms with van der Waals surface area (Å²) in [7, 11) is 0. The molecule has 2 fully saturated rings. The fourth-order valence-corrected chi connectivity index (χ4v) is 3.23. The van der Waals surface area contributed by atoms with E-state index in [1.165, 1.54) is 0 Å². The molecule has 2 saturated heterocycles. The van der Waals surface area contributed by atoms with Crippen molar-refractivity contribution < 1.29 is 19.3 Å². The van der Waals surface area contributed by atoms with Gasteiger partial charge in [-0.2, -0.15) is 0 Å². The Bertz CT molecular complexity index is 305. The molecule has 2 aliphatic rings. The van der Waals surface area contributed by atoms with Gasteiger partial charge in [0.25, 0.3) is 0 Å². The second-order valence-electron chi connectivity index (χ2n) is 6.34. The lowest BCUT2D eigenvalue weighted by molar-refractivity contribution is -0.189. The molecule has 1 N–H and O–H groups in total. The zero-order valence-electron chi connectivity index (χ0n) is 12.6. The van der Waals surface area contributed by atoms with Crippen LogP contribution in [-0.4, -0.2) is 41.4 Å². The summed E-state index contributed by atoms with van der Waals surface area (Å²) in [6.07, 6.45) is 4.45. The van der Waals surface area contributed by atoms with E-state index in [0.717, 1.165) is 32.1 Å². The maximum absolute atomic E-state index is 10.5. The molecule has 0 saturated carbocycles. The van der Waals surface area contributed by atoms with Crippen molar-refractivity contribution in [2.75, 3.05) is 6.61 Å². The van der Waals surface area contributed by atoms with Crippen molar-refractivity contribution in [3.05, 3.63) is 0 Å². The van der Waals surface area contributed by atoms with E-state index in [0.29, 0.717) is 6.61 Å². The van der Waals surface area contributed by atoms with E-state index in [1.54, 1.807) is 0 Å². The van der Waals surface area contributed by atoms with Crippen molar-refractivity contribution in [2.24, 2.45) is 0 Å². The van der Waals surface area contributed by atoms with Crippen molar-refractivity contribution in [1.29, 1.82) is 0 Å². The minimum atomic E-state index is -0.641. The van der Waals surface area contributed by atoms with Gasteiger partial charge in [0.15, 0.2) is 5.79 Å². The highest BCUT2D eigenvalue weighted by atomic mass is 16.7. The van der Waals surface area contributed by atoms with Crippen LogP contribution in [0.2, 0.25) is 0 Å². The Morgan fingerprint density at radius 3 is 2.47 bits per heavy atom. The molecule has 112 valence electrons. The molecule has 0 bridgehead atoms. The van der Waals surface area contributed by atoms with Gasteiger partial charge in [0, 0.05) is 6.42 Å². The van der Waals surface area contributed by atoms with E-state index >= 15 is 0 Å². The van der Waals surface area contributed by atoms with Crippen LogP contribution in [0.15, 0.2) is 0 Å². The molecule has 0 amide bonds. The molecule has 2 aliphatic heterocycles. The Labute approximate surface area is 116 Å². The summed E-state index contributed by atoms with van der Waals surface area (Å²) in [6.45, 7) is 8.63. The quantitative estimate of drug-likeness (QED) is 0.854. The van der Waals surface area contributed by atoms with E-state index < -0.39 is 11.4 Å². The highest BCUT2D eigenvalue weighted by Gasteiger charge is 2.42. The van der Waals surface area contributed by atoms with E-state index in [4.69, 9.17) is 14.2 Å². The molecule has 19 heavy (non-hydrogen) atoms. The van der Waals surface area contributed by atoms with Crippen molar-refractivity contribution >= 4 is 0 Å². The average Bonchev–Trinajstić information content (AvgIpc) is 2.71. The molecular weight excluding hydrogens is 244 g/mol. The van der Waals surface area contributed by atoms with Gasteiger partial charge in [0.1, 0.15) is 0 Å². The second-order valence-corrected chi connectivity index (χ2v) is 6.34. The van der Waals surface area contributed by atoms with Crippen LogP contribution in [0.25, 0.3) is 0 Å². The van der Waals surface area contributed by atoms with Crippen LogP contribution in [0.4, 0.5) is 0 Å². The molecule has 0 spiro atoms. The minimum absolute atomic E-state index is 0.0495. The first kappa shape index (κ1) is 15.2. The normalized spacial score (nSPS) is 42.5. The van der Waals surface area contributed by atoms with Gasteiger partial charge in [0.2, 0.25) is 0 Å². The molecule has 2 rings (SSSR count). The Morgan fingerprint density at radius 2 is 1.95 bits per heavy atom. The zero-order valence-corrected chi connectivity index (χ0v) is 12.6. The maximum Gasteiger partial charge on any atom is 0.163 e. The number of aliphatic hydroxyl groups is 1. The fraction of sp³-hybridized carbons (Fsp3) is 1.00. The first-order valence-corrected chi connectivity index (χ1v) is 7.58. The van der Waals surface area contributed by atoms with Gasteiger partial charge >= 0.3 is 0 Å². The Kier molecular flexibility index (Phi) is 4.56. The number of hydrogen-bond acceptors (Lipinski definition) is 4. The summed E-state index contributed by atoms with van der Waals surface area (Å²) in [5.74, 6) is -0.465. The topological polar surface area (TPSA) is 47.9 Å². The number of ether oxygens (including phenoxy) is 3. The second kappa shape index (κ2) is 5.68. The van der Waals surface area contributed by atoms with Gasteiger partial charge < -0.3 is 19.3 Å². The molecule has 0 aromatic heterocycles. The Balaban J connectivity index is 1.87. The molecule has 4 atom stereocenters. The zero-order chi connectivity index (χ0) is 14.1. The molecule has 0 radical (unpaired) electrons. The van der Waals surface area contributed by atoms with Crippen LogP contribution < -0.4 is 0 Å². The van der Waals surface area contributed by atoms with Crippen molar-refractivity contribution in [3.8, 4) is 0 Å². The van der Waals surface area contributed by atoms with Gasteiger partial charge in [-0.25, -0.2) is 0 Å². The highest BCUT2D eigenvalue weighted by molar-refractivity contribution is 4.92. The van der Waals surface area contributed by atoms with Gasteiger partial charge in [-0.1, -0.05) is 13.8 Å². The summed E-state index contributed by atoms with van der Waals surface area (Å²) in [4.78, 5) is 0. The van der Waals surface area contributed by atoms with Crippen LogP contribution in [-0.2, 0) is 14.2 Å². The van der Waals surface area contributed by atoms with Crippen LogP contribution in [0.3, 0.4) is 0 Å². The van der Waals surface area contributed by atoms with E-state index in [9.17, 15) is 5.11 Å². The van der Waals surface area contributed by atoms with E-state index in [1.807, 2.05) is 20.8 Å². The first-order valence-electron chi connectivity index (χ1n) is 7.58. The van der Waals surface area contributed by atoms with Crippen LogP contribution in [0, 0.1) is 0 Å². The smallest absolute Gasteiger partial charge is 0.163 e. The lowest BCUT2D eigenvalue weighted by Crippen LogP contribution is -2.50. The Hall–Kier alpha value is -0.160. The molecule has 0 aliphatic carbocycles. The molecule has 1 unspecified atom stereocenters. The van der Waals surface area contributed by atoms with Crippen LogP contribution in [0.1, 0.15) is 59.8 Å². The summed E-state index contributed by atoms with van der Waals surface area (Å²) in [5, 5.41) is 10.5. The van der Waals surface area contributed by atoms with Gasteiger partial charge in [-0.15, -0.1) is 0 Å². The lowest BCUT2D eigenvalue weighted by Gasteiger charge is -2.43. The minimum Gasteiger partial charge on any atom is -0.387 e. The third-order valence-electron chi connectivity index (χ3n) is 4.43. The summed E-state index contributed by atoms with van der Waals surface area (Å²) >= 11 is 0. The van der Waals surface area contributed by atoms with E-state index in [2.05, 4.69) is 6.92 Å². The fourth-order valence-electron chi connectivity index (χ4n) is 3.23. The largest absolute Gasteiger partial charge is 0.387 e. The van der Waals surface area contributed by atoms with Crippen molar-refractivity contribution in [2.45, 2.75) is 89.5 Å².